The molecular weight excluding hydrogens is 334 g/mol. The van der Waals surface area contributed by atoms with Crippen LogP contribution in [0.1, 0.15) is 37.8 Å². The van der Waals surface area contributed by atoms with E-state index in [9.17, 15) is 9.59 Å². The number of ketones is 2. The lowest BCUT2D eigenvalue weighted by atomic mass is 9.95. The van der Waals surface area contributed by atoms with E-state index in [-0.39, 0.29) is 24.0 Å². The summed E-state index contributed by atoms with van der Waals surface area (Å²) < 4.78 is 2.04. The Kier molecular flexibility index (Phi) is 4.77. The smallest absolute Gasteiger partial charge is 0.178 e. The topological polar surface area (TPSA) is 38.0 Å². The van der Waals surface area contributed by atoms with Gasteiger partial charge in [0, 0.05) is 28.8 Å². The monoisotopic (exact) mass is 349 g/mol. The van der Waals surface area contributed by atoms with Gasteiger partial charge in [-0.15, -0.1) is 0 Å². The molecule has 0 aliphatic heterocycles. The summed E-state index contributed by atoms with van der Waals surface area (Å²) in [5, 5.41) is 0. The standard InChI is InChI=1S/C21H16NO2.ClH/c23-20-17-8-4-5-9-18(17)21(24)19(20)16-10-12-22(13-11-16)14-15-6-2-1-3-7-15;/h1-13,19H,14H2;1H/q+1;/p-1. The molecule has 1 aliphatic rings. The Morgan fingerprint density at radius 3 is 1.80 bits per heavy atom. The highest BCUT2D eigenvalue weighted by Gasteiger charge is 2.39. The molecular formula is C21H16ClNO2. The van der Waals surface area contributed by atoms with Gasteiger partial charge in [0.25, 0.3) is 0 Å². The number of halogens is 1. The van der Waals surface area contributed by atoms with Gasteiger partial charge in [-0.1, -0.05) is 54.6 Å². The Bertz CT molecular complexity index is 885. The number of carbonyl (C=O) groups excluding carboxylic acids is 2. The summed E-state index contributed by atoms with van der Waals surface area (Å²) in [5.41, 5.74) is 3.03. The normalized spacial score (nSPS) is 13.4. The number of rotatable bonds is 3. The molecule has 4 rings (SSSR count). The average molecular weight is 350 g/mol. The van der Waals surface area contributed by atoms with E-state index in [4.69, 9.17) is 0 Å². The van der Waals surface area contributed by atoms with E-state index in [0.29, 0.717) is 11.1 Å². The summed E-state index contributed by atoms with van der Waals surface area (Å²) in [5.74, 6) is -0.901. The number of Topliss-reactive ketones (excluding diaryl/α,β-unsaturated/α-hetero) is 2. The molecule has 0 saturated carbocycles. The maximum absolute atomic E-state index is 12.6. The molecule has 0 atom stereocenters. The number of carbonyl (C=O) groups is 2. The summed E-state index contributed by atoms with van der Waals surface area (Å²) in [6, 6.07) is 21.0. The minimum absolute atomic E-state index is 0. The minimum atomic E-state index is -0.700. The second kappa shape index (κ2) is 6.99. The molecule has 0 saturated heterocycles. The van der Waals surface area contributed by atoms with Crippen molar-refractivity contribution in [1.82, 2.24) is 0 Å². The van der Waals surface area contributed by atoms with Crippen molar-refractivity contribution in [2.75, 3.05) is 0 Å². The van der Waals surface area contributed by atoms with Crippen molar-refractivity contribution in [2.24, 2.45) is 0 Å². The predicted molar refractivity (Wildman–Crippen MR) is 90.0 cm³/mol. The van der Waals surface area contributed by atoms with Crippen LogP contribution in [0.2, 0.25) is 0 Å². The van der Waals surface area contributed by atoms with E-state index in [2.05, 4.69) is 12.1 Å². The van der Waals surface area contributed by atoms with E-state index in [1.807, 2.05) is 47.3 Å². The Labute approximate surface area is 152 Å². The second-order valence-electron chi connectivity index (χ2n) is 6.00. The Balaban J connectivity index is 0.00000182. The van der Waals surface area contributed by atoms with Crippen molar-refractivity contribution in [3.8, 4) is 0 Å². The lowest BCUT2D eigenvalue weighted by Crippen LogP contribution is -3.00. The van der Waals surface area contributed by atoms with Crippen LogP contribution in [-0.2, 0) is 6.54 Å². The van der Waals surface area contributed by atoms with Crippen LogP contribution in [0.25, 0.3) is 0 Å². The molecule has 0 spiro atoms. The van der Waals surface area contributed by atoms with Crippen molar-refractivity contribution in [3.63, 3.8) is 0 Å². The largest absolute Gasteiger partial charge is 1.00 e. The number of benzene rings is 2. The number of nitrogens with zero attached hydrogens (tertiary/aromatic N) is 1. The van der Waals surface area contributed by atoms with Crippen LogP contribution in [0.3, 0.4) is 0 Å². The lowest BCUT2D eigenvalue weighted by molar-refractivity contribution is -0.688. The molecule has 3 nitrogen and oxygen atoms in total. The first-order chi connectivity index (χ1) is 11.7. The maximum atomic E-state index is 12.6. The van der Waals surface area contributed by atoms with Crippen LogP contribution >= 0.6 is 0 Å². The molecule has 0 unspecified atom stereocenters. The first-order valence-corrected chi connectivity index (χ1v) is 7.94. The van der Waals surface area contributed by atoms with E-state index in [0.717, 1.165) is 12.1 Å². The molecule has 1 aliphatic carbocycles. The Hall–Kier alpha value is -2.78. The van der Waals surface area contributed by atoms with Gasteiger partial charge in [0.2, 0.25) is 0 Å². The third kappa shape index (κ3) is 3.11. The quantitative estimate of drug-likeness (QED) is 0.500. The van der Waals surface area contributed by atoms with Crippen molar-refractivity contribution in [1.29, 1.82) is 0 Å². The van der Waals surface area contributed by atoms with Crippen LogP contribution in [0.15, 0.2) is 79.1 Å². The van der Waals surface area contributed by atoms with Gasteiger partial charge in [-0.3, -0.25) is 9.59 Å². The highest BCUT2D eigenvalue weighted by atomic mass is 35.5. The first kappa shape index (κ1) is 17.1. The fourth-order valence-electron chi connectivity index (χ4n) is 3.21. The van der Waals surface area contributed by atoms with Crippen molar-refractivity contribution >= 4 is 11.6 Å². The minimum Gasteiger partial charge on any atom is -1.00 e. The Morgan fingerprint density at radius 2 is 1.24 bits per heavy atom. The predicted octanol–water partition coefficient (Wildman–Crippen LogP) is 0.189. The van der Waals surface area contributed by atoms with Gasteiger partial charge in [-0.25, -0.2) is 4.57 Å². The number of pyridine rings is 1. The van der Waals surface area contributed by atoms with Gasteiger partial charge in [-0.2, -0.15) is 0 Å². The van der Waals surface area contributed by atoms with Gasteiger partial charge in [-0.05, 0) is 5.56 Å². The average Bonchev–Trinajstić information content (AvgIpc) is 2.88. The number of aromatic nitrogens is 1. The fraction of sp³-hybridized carbons (Fsp3) is 0.0952. The molecule has 1 aromatic heterocycles. The second-order valence-corrected chi connectivity index (χ2v) is 6.00. The molecule has 4 heteroatoms. The molecule has 0 bridgehead atoms. The molecule has 0 N–H and O–H groups in total. The third-order valence-corrected chi connectivity index (χ3v) is 4.44. The Morgan fingerprint density at radius 1 is 0.720 bits per heavy atom. The van der Waals surface area contributed by atoms with E-state index < -0.39 is 5.92 Å². The highest BCUT2D eigenvalue weighted by molar-refractivity contribution is 6.29. The van der Waals surface area contributed by atoms with E-state index >= 15 is 0 Å². The number of hydrogen-bond acceptors (Lipinski definition) is 2. The maximum Gasteiger partial charge on any atom is 0.178 e. The highest BCUT2D eigenvalue weighted by Crippen LogP contribution is 2.33. The van der Waals surface area contributed by atoms with Crippen LogP contribution in [-0.4, -0.2) is 11.6 Å². The summed E-state index contributed by atoms with van der Waals surface area (Å²) in [7, 11) is 0. The van der Waals surface area contributed by atoms with Gasteiger partial charge in [0.05, 0.1) is 0 Å². The lowest BCUT2D eigenvalue weighted by Gasteiger charge is -2.06. The molecule has 25 heavy (non-hydrogen) atoms. The molecule has 124 valence electrons. The van der Waals surface area contributed by atoms with Gasteiger partial charge in [0.1, 0.15) is 5.92 Å². The third-order valence-electron chi connectivity index (χ3n) is 4.44. The zero-order chi connectivity index (χ0) is 16.5. The molecule has 0 radical (unpaired) electrons. The molecule has 0 amide bonds. The summed E-state index contributed by atoms with van der Waals surface area (Å²) in [4.78, 5) is 25.1. The van der Waals surface area contributed by atoms with Crippen molar-refractivity contribution in [2.45, 2.75) is 12.5 Å². The number of hydrogen-bond donors (Lipinski definition) is 0. The first-order valence-electron chi connectivity index (χ1n) is 7.94. The van der Waals surface area contributed by atoms with Gasteiger partial charge in [0.15, 0.2) is 30.5 Å². The molecule has 1 heterocycles. The fourth-order valence-corrected chi connectivity index (χ4v) is 3.21. The van der Waals surface area contributed by atoms with E-state index in [1.165, 1.54) is 5.56 Å². The van der Waals surface area contributed by atoms with Crippen LogP contribution in [0, 0.1) is 0 Å². The molecule has 0 fully saturated rings. The van der Waals surface area contributed by atoms with Crippen molar-refractivity contribution < 1.29 is 26.6 Å². The van der Waals surface area contributed by atoms with Crippen LogP contribution in [0.4, 0.5) is 0 Å². The summed E-state index contributed by atoms with van der Waals surface area (Å²) >= 11 is 0. The van der Waals surface area contributed by atoms with Crippen LogP contribution in [0.5, 0.6) is 0 Å². The van der Waals surface area contributed by atoms with Gasteiger partial charge >= 0.3 is 0 Å². The zero-order valence-corrected chi connectivity index (χ0v) is 14.2. The summed E-state index contributed by atoms with van der Waals surface area (Å²) in [6.45, 7) is 0.758. The number of fused-ring (bicyclic) bond motifs is 1. The zero-order valence-electron chi connectivity index (χ0n) is 13.4. The van der Waals surface area contributed by atoms with Crippen molar-refractivity contribution in [3.05, 3.63) is 101 Å². The van der Waals surface area contributed by atoms with Crippen LogP contribution < -0.4 is 17.0 Å². The van der Waals surface area contributed by atoms with E-state index in [1.54, 1.807) is 24.3 Å². The molecule has 2 aromatic carbocycles. The summed E-state index contributed by atoms with van der Waals surface area (Å²) in [6.07, 6.45) is 3.84. The molecule has 3 aromatic rings. The SMILES string of the molecule is O=C1c2ccccc2C(=O)C1c1cc[n+](Cc2ccccc2)cc1.[Cl-]. The van der Waals surface area contributed by atoms with Gasteiger partial charge < -0.3 is 12.4 Å².